The first-order valence-electron chi connectivity index (χ1n) is 8.11. The summed E-state index contributed by atoms with van der Waals surface area (Å²) in [6.07, 6.45) is 4.00. The van der Waals surface area contributed by atoms with Crippen molar-refractivity contribution in [2.75, 3.05) is 14.2 Å². The largest absolute Gasteiger partial charge is 0.405 e. The van der Waals surface area contributed by atoms with Crippen LogP contribution in [-0.2, 0) is 14.5 Å². The van der Waals surface area contributed by atoms with Crippen molar-refractivity contribution < 1.29 is 14.0 Å². The lowest BCUT2D eigenvalue weighted by Crippen LogP contribution is -2.52. The summed E-state index contributed by atoms with van der Waals surface area (Å²) in [7, 11) is -0.782. The molecule has 1 aliphatic rings. The van der Waals surface area contributed by atoms with Gasteiger partial charge in [-0.15, -0.1) is 0 Å². The van der Waals surface area contributed by atoms with Crippen molar-refractivity contribution >= 4 is 19.3 Å². The van der Waals surface area contributed by atoms with Crippen molar-refractivity contribution in [1.82, 2.24) is 4.67 Å². The Morgan fingerprint density at radius 3 is 2.30 bits per heavy atom. The minimum absolute atomic E-state index is 0.0480. The Hall–Kier alpha value is -0.380. The van der Waals surface area contributed by atoms with Gasteiger partial charge in [-0.1, -0.05) is 44.0 Å². The smallest absolute Gasteiger partial charge is 0.312 e. The monoisotopic (exact) mass is 359 g/mol. The average molecular weight is 360 g/mol. The molecule has 1 aromatic rings. The summed E-state index contributed by atoms with van der Waals surface area (Å²) in [6.45, 7) is 4.29. The zero-order chi connectivity index (χ0) is 17.3. The maximum absolute atomic E-state index is 12.4. The first kappa shape index (κ1) is 19.0. The van der Waals surface area contributed by atoms with Crippen LogP contribution >= 0.6 is 19.3 Å². The minimum Gasteiger partial charge on any atom is -0.312 e. The van der Waals surface area contributed by atoms with E-state index in [0.717, 1.165) is 25.7 Å². The highest BCUT2D eigenvalue weighted by Gasteiger charge is 2.50. The average Bonchev–Trinajstić information content (AvgIpc) is 2.45. The molecule has 6 heteroatoms. The normalized spacial score (nSPS) is 21.0. The Morgan fingerprint density at radius 2 is 1.91 bits per heavy atom. The van der Waals surface area contributed by atoms with Crippen LogP contribution < -0.4 is 0 Å². The molecule has 0 bridgehead atoms. The van der Waals surface area contributed by atoms with Crippen LogP contribution in [0, 0.1) is 5.92 Å². The van der Waals surface area contributed by atoms with Gasteiger partial charge in [0.05, 0.1) is 0 Å². The van der Waals surface area contributed by atoms with Crippen LogP contribution in [0.2, 0.25) is 5.02 Å². The fraction of sp³-hybridized carbons (Fsp3) is 0.647. The molecule has 2 atom stereocenters. The summed E-state index contributed by atoms with van der Waals surface area (Å²) in [5.74, 6) is 0.420. The summed E-state index contributed by atoms with van der Waals surface area (Å²) >= 11 is 6.03. The van der Waals surface area contributed by atoms with Crippen LogP contribution in [-0.4, -0.2) is 29.8 Å². The van der Waals surface area contributed by atoms with Gasteiger partial charge in [-0.05, 0) is 49.9 Å². The highest BCUT2D eigenvalue weighted by molar-refractivity contribution is 7.50. The predicted octanol–water partition coefficient (Wildman–Crippen LogP) is 4.86. The summed E-state index contributed by atoms with van der Waals surface area (Å²) < 4.78 is 18.9. The molecule has 0 heterocycles. The zero-order valence-corrected chi connectivity index (χ0v) is 16.0. The van der Waals surface area contributed by atoms with Gasteiger partial charge in [0.2, 0.25) is 0 Å². The number of hydrogen-bond acceptors (Lipinski definition) is 2. The number of nitrogens with zero attached hydrogens (tertiary/aromatic N) is 1. The van der Waals surface area contributed by atoms with Gasteiger partial charge in [0.15, 0.2) is 0 Å². The fourth-order valence-electron chi connectivity index (χ4n) is 3.64. The van der Waals surface area contributed by atoms with Crippen molar-refractivity contribution in [3.63, 3.8) is 0 Å². The molecule has 0 saturated heterocycles. The minimum atomic E-state index is -3.78. The van der Waals surface area contributed by atoms with Gasteiger partial charge in [-0.2, -0.15) is 0 Å². The highest BCUT2D eigenvalue weighted by atomic mass is 35.5. The van der Waals surface area contributed by atoms with Crippen LogP contribution in [0.1, 0.15) is 45.1 Å². The maximum Gasteiger partial charge on any atom is 0.405 e. The van der Waals surface area contributed by atoms with Crippen molar-refractivity contribution in [1.29, 1.82) is 0 Å². The molecular formula is C17H27ClNO3P. The molecule has 0 spiro atoms. The molecular weight excluding hydrogens is 333 g/mol. The van der Waals surface area contributed by atoms with E-state index in [4.69, 9.17) is 16.1 Å². The van der Waals surface area contributed by atoms with Crippen LogP contribution in [0.5, 0.6) is 0 Å². The van der Waals surface area contributed by atoms with Crippen molar-refractivity contribution in [3.8, 4) is 0 Å². The van der Waals surface area contributed by atoms with Gasteiger partial charge in [0.25, 0.3) is 0 Å². The zero-order valence-electron chi connectivity index (χ0n) is 14.3. The second kappa shape index (κ2) is 7.25. The molecule has 0 radical (unpaired) electrons. The summed E-state index contributed by atoms with van der Waals surface area (Å²) in [5.41, 5.74) is 1.09. The van der Waals surface area contributed by atoms with Crippen LogP contribution in [0.25, 0.3) is 0 Å². The standard InChI is InChI=1S/C17H27ClNO3P/c1-13(2)12-16(19(3)23(20,21)22-4)17(10-5-11-17)14-6-8-15(18)9-7-14/h6-9,13,16H,5,10-12H2,1-4H3,(H,20,21). The van der Waals surface area contributed by atoms with Gasteiger partial charge in [0, 0.05) is 23.6 Å². The molecule has 1 saturated carbocycles. The van der Waals surface area contributed by atoms with Crippen molar-refractivity contribution in [2.45, 2.75) is 51.0 Å². The van der Waals surface area contributed by atoms with Crippen LogP contribution in [0.15, 0.2) is 24.3 Å². The quantitative estimate of drug-likeness (QED) is 0.707. The molecule has 0 aliphatic heterocycles. The topological polar surface area (TPSA) is 49.8 Å². The molecule has 0 aromatic heterocycles. The Labute approximate surface area is 144 Å². The predicted molar refractivity (Wildman–Crippen MR) is 94.8 cm³/mol. The van der Waals surface area contributed by atoms with Crippen LogP contribution in [0.3, 0.4) is 0 Å². The van der Waals surface area contributed by atoms with Gasteiger partial charge in [-0.25, -0.2) is 9.24 Å². The van der Waals surface area contributed by atoms with Crippen LogP contribution in [0.4, 0.5) is 0 Å². The van der Waals surface area contributed by atoms with Gasteiger partial charge in [-0.3, -0.25) is 0 Å². The SMILES string of the molecule is COP(=O)(O)N(C)C(CC(C)C)C1(c2ccc(Cl)cc2)CCC1. The molecule has 130 valence electrons. The lowest BCUT2D eigenvalue weighted by Gasteiger charge is -2.52. The van der Waals surface area contributed by atoms with E-state index >= 15 is 0 Å². The summed E-state index contributed by atoms with van der Waals surface area (Å²) in [4.78, 5) is 10.2. The summed E-state index contributed by atoms with van der Waals surface area (Å²) in [6, 6.07) is 7.86. The molecule has 2 rings (SSSR count). The third-order valence-corrected chi connectivity index (χ3v) is 6.89. The number of halogens is 1. The molecule has 2 unspecified atom stereocenters. The molecule has 4 nitrogen and oxygen atoms in total. The second-order valence-corrected chi connectivity index (χ2v) is 9.32. The maximum atomic E-state index is 12.4. The van der Waals surface area contributed by atoms with E-state index in [1.807, 2.05) is 12.1 Å². The first-order chi connectivity index (χ1) is 10.7. The Balaban J connectivity index is 2.43. The molecule has 1 aromatic carbocycles. The number of hydrogen-bond donors (Lipinski definition) is 1. The van der Waals surface area contributed by atoms with Gasteiger partial charge >= 0.3 is 7.75 Å². The molecule has 1 fully saturated rings. The van der Waals surface area contributed by atoms with Gasteiger partial charge in [0.1, 0.15) is 0 Å². The van der Waals surface area contributed by atoms with Crippen molar-refractivity contribution in [2.24, 2.45) is 5.92 Å². The van der Waals surface area contributed by atoms with E-state index in [1.54, 1.807) is 11.7 Å². The first-order valence-corrected chi connectivity index (χ1v) is 10.0. The van der Waals surface area contributed by atoms with E-state index in [-0.39, 0.29) is 11.5 Å². The Bertz CT molecular complexity index is 572. The van der Waals surface area contributed by atoms with Crippen molar-refractivity contribution in [3.05, 3.63) is 34.9 Å². The number of rotatable bonds is 7. The van der Waals surface area contributed by atoms with E-state index < -0.39 is 7.75 Å². The third kappa shape index (κ3) is 3.83. The van der Waals surface area contributed by atoms with E-state index in [1.165, 1.54) is 12.7 Å². The van der Waals surface area contributed by atoms with Gasteiger partial charge < -0.3 is 9.42 Å². The number of benzene rings is 1. The second-order valence-electron chi connectivity index (χ2n) is 6.91. The Morgan fingerprint density at radius 1 is 1.35 bits per heavy atom. The lowest BCUT2D eigenvalue weighted by atomic mass is 9.59. The molecule has 1 N–H and O–H groups in total. The van der Waals surface area contributed by atoms with E-state index in [9.17, 15) is 9.46 Å². The van der Waals surface area contributed by atoms with E-state index in [0.29, 0.717) is 10.9 Å². The third-order valence-electron chi connectivity index (χ3n) is 5.09. The fourth-order valence-corrected chi connectivity index (χ4v) is 4.69. The highest BCUT2D eigenvalue weighted by Crippen LogP contribution is 2.56. The molecule has 23 heavy (non-hydrogen) atoms. The van der Waals surface area contributed by atoms with E-state index in [2.05, 4.69) is 26.0 Å². The Kier molecular flexibility index (Phi) is 5.97. The molecule has 0 amide bonds. The summed E-state index contributed by atoms with van der Waals surface area (Å²) in [5, 5.41) is 0.710. The number of likely N-dealkylation sites (N-methyl/N-ethyl adjacent to an activating group) is 1. The molecule has 1 aliphatic carbocycles. The lowest BCUT2D eigenvalue weighted by molar-refractivity contribution is 0.0889.